The zero-order valence-corrected chi connectivity index (χ0v) is 19.9. The minimum absolute atomic E-state index is 0.171. The van der Waals surface area contributed by atoms with Crippen LogP contribution in [0.2, 0.25) is 5.02 Å². The van der Waals surface area contributed by atoms with E-state index in [1.54, 1.807) is 18.7 Å². The first-order chi connectivity index (χ1) is 14.8. The molecule has 0 fully saturated rings. The Kier molecular flexibility index (Phi) is 8.05. The Morgan fingerprint density at radius 1 is 1.03 bits per heavy atom. The molecule has 1 unspecified atom stereocenters. The van der Waals surface area contributed by atoms with Gasteiger partial charge >= 0.3 is 0 Å². The maximum absolute atomic E-state index is 12.9. The first kappa shape index (κ1) is 23.2. The Morgan fingerprint density at radius 3 is 2.45 bits per heavy atom. The third kappa shape index (κ3) is 6.52. The van der Waals surface area contributed by atoms with Gasteiger partial charge in [-0.15, -0.1) is 11.8 Å². The van der Waals surface area contributed by atoms with Gasteiger partial charge in [0.15, 0.2) is 6.10 Å². The first-order valence-electron chi connectivity index (χ1n) is 10.4. The van der Waals surface area contributed by atoms with Crippen molar-refractivity contribution in [3.8, 4) is 5.75 Å². The molecule has 1 N–H and O–H groups in total. The molecule has 31 heavy (non-hydrogen) atoms. The second kappa shape index (κ2) is 10.7. The molecule has 0 spiro atoms. The number of para-hydroxylation sites is 1. The van der Waals surface area contributed by atoms with Crippen LogP contribution < -0.4 is 10.1 Å². The molecule has 162 valence electrons. The summed E-state index contributed by atoms with van der Waals surface area (Å²) < 4.78 is 6.07. The molecule has 0 aromatic heterocycles. The molecule has 1 atom stereocenters. The maximum atomic E-state index is 12.9. The molecule has 0 saturated heterocycles. The van der Waals surface area contributed by atoms with Gasteiger partial charge in [-0.2, -0.15) is 0 Å². The molecule has 3 rings (SSSR count). The summed E-state index contributed by atoms with van der Waals surface area (Å²) in [6.07, 6.45) is -0.617. The van der Waals surface area contributed by atoms with Crippen molar-refractivity contribution in [2.75, 3.05) is 5.32 Å². The van der Waals surface area contributed by atoms with E-state index in [4.69, 9.17) is 16.3 Å². The third-order valence-corrected chi connectivity index (χ3v) is 6.31. The van der Waals surface area contributed by atoms with E-state index in [-0.39, 0.29) is 5.91 Å². The number of carbonyl (C=O) groups excluding carboxylic acids is 1. The predicted molar refractivity (Wildman–Crippen MR) is 131 cm³/mol. The normalized spacial score (nSPS) is 11.9. The first-order valence-corrected chi connectivity index (χ1v) is 11.7. The zero-order valence-electron chi connectivity index (χ0n) is 18.3. The van der Waals surface area contributed by atoms with Crippen molar-refractivity contribution in [2.24, 2.45) is 0 Å². The van der Waals surface area contributed by atoms with Crippen molar-refractivity contribution in [3.05, 3.63) is 88.4 Å². The number of ether oxygens (including phenoxy) is 1. The Labute approximate surface area is 194 Å². The summed E-state index contributed by atoms with van der Waals surface area (Å²) in [4.78, 5) is 13.9. The SMILES string of the molecule is Cc1ccc(C(C)C)c(OC(C)C(=O)Nc2ccccc2SCc2ccc(Cl)cc2)c1. The highest BCUT2D eigenvalue weighted by Crippen LogP contribution is 2.31. The average molecular weight is 454 g/mol. The van der Waals surface area contributed by atoms with Gasteiger partial charge in [-0.05, 0) is 66.8 Å². The van der Waals surface area contributed by atoms with E-state index in [1.165, 1.54) is 5.56 Å². The molecule has 1 amide bonds. The average Bonchev–Trinajstić information content (AvgIpc) is 2.74. The minimum Gasteiger partial charge on any atom is -0.481 e. The van der Waals surface area contributed by atoms with Crippen LogP contribution in [-0.4, -0.2) is 12.0 Å². The van der Waals surface area contributed by atoms with Crippen molar-refractivity contribution in [1.29, 1.82) is 0 Å². The van der Waals surface area contributed by atoms with Gasteiger partial charge in [0.25, 0.3) is 5.91 Å². The van der Waals surface area contributed by atoms with Crippen molar-refractivity contribution < 1.29 is 9.53 Å². The lowest BCUT2D eigenvalue weighted by Gasteiger charge is -2.20. The summed E-state index contributed by atoms with van der Waals surface area (Å²) in [7, 11) is 0. The highest BCUT2D eigenvalue weighted by molar-refractivity contribution is 7.98. The fraction of sp³-hybridized carbons (Fsp3) is 0.269. The van der Waals surface area contributed by atoms with Crippen LogP contribution in [0.5, 0.6) is 5.75 Å². The molecule has 0 heterocycles. The number of benzene rings is 3. The van der Waals surface area contributed by atoms with Crippen molar-refractivity contribution >= 4 is 35.0 Å². The van der Waals surface area contributed by atoms with E-state index in [9.17, 15) is 4.79 Å². The van der Waals surface area contributed by atoms with Crippen molar-refractivity contribution in [1.82, 2.24) is 0 Å². The molecule has 3 nitrogen and oxygen atoms in total. The van der Waals surface area contributed by atoms with Crippen LogP contribution in [0, 0.1) is 6.92 Å². The predicted octanol–water partition coefficient (Wildman–Crippen LogP) is 7.47. The lowest BCUT2D eigenvalue weighted by atomic mass is 10.0. The van der Waals surface area contributed by atoms with Gasteiger partial charge in [-0.1, -0.05) is 61.8 Å². The number of amides is 1. The Bertz CT molecular complexity index is 1030. The van der Waals surface area contributed by atoms with Gasteiger partial charge in [0.2, 0.25) is 0 Å². The summed E-state index contributed by atoms with van der Waals surface area (Å²) >= 11 is 7.64. The quantitative estimate of drug-likeness (QED) is 0.359. The molecule has 3 aromatic rings. The van der Waals surface area contributed by atoms with Crippen LogP contribution in [-0.2, 0) is 10.5 Å². The molecule has 0 saturated carbocycles. The summed E-state index contributed by atoms with van der Waals surface area (Å²) in [6, 6.07) is 21.8. The standard InChI is InChI=1S/C26H28ClNO2S/c1-17(2)22-14-9-18(3)15-24(22)30-19(4)26(29)28-23-7-5-6-8-25(23)31-16-20-10-12-21(27)13-11-20/h5-15,17,19H,16H2,1-4H3,(H,28,29). The summed E-state index contributed by atoms with van der Waals surface area (Å²) in [5.41, 5.74) is 4.17. The number of aryl methyl sites for hydroxylation is 1. The second-order valence-corrected chi connectivity index (χ2v) is 9.31. The Balaban J connectivity index is 1.68. The lowest BCUT2D eigenvalue weighted by molar-refractivity contribution is -0.122. The summed E-state index contributed by atoms with van der Waals surface area (Å²) in [6.45, 7) is 8.05. The molecule has 0 bridgehead atoms. The van der Waals surface area contributed by atoms with Gasteiger partial charge in [0.1, 0.15) is 5.75 Å². The number of halogens is 1. The van der Waals surface area contributed by atoms with E-state index >= 15 is 0 Å². The van der Waals surface area contributed by atoms with Crippen LogP contribution in [0.3, 0.4) is 0 Å². The van der Waals surface area contributed by atoms with Crippen LogP contribution in [0.1, 0.15) is 43.4 Å². The van der Waals surface area contributed by atoms with E-state index in [0.29, 0.717) is 5.92 Å². The maximum Gasteiger partial charge on any atom is 0.265 e. The molecular weight excluding hydrogens is 426 g/mol. The smallest absolute Gasteiger partial charge is 0.265 e. The van der Waals surface area contributed by atoms with E-state index in [0.717, 1.165) is 38.2 Å². The van der Waals surface area contributed by atoms with E-state index < -0.39 is 6.10 Å². The highest BCUT2D eigenvalue weighted by atomic mass is 35.5. The molecule has 0 aliphatic carbocycles. The molecule has 3 aromatic carbocycles. The van der Waals surface area contributed by atoms with E-state index in [1.807, 2.05) is 61.5 Å². The largest absolute Gasteiger partial charge is 0.481 e. The number of carbonyl (C=O) groups is 1. The second-order valence-electron chi connectivity index (χ2n) is 7.86. The van der Waals surface area contributed by atoms with Crippen LogP contribution >= 0.6 is 23.4 Å². The molecule has 0 radical (unpaired) electrons. The highest BCUT2D eigenvalue weighted by Gasteiger charge is 2.19. The van der Waals surface area contributed by atoms with Gasteiger partial charge in [-0.25, -0.2) is 0 Å². The molecular formula is C26H28ClNO2S. The number of rotatable bonds is 8. The minimum atomic E-state index is -0.617. The van der Waals surface area contributed by atoms with Crippen molar-refractivity contribution in [2.45, 2.75) is 50.4 Å². The Hall–Kier alpha value is -2.43. The molecule has 0 aliphatic rings. The van der Waals surface area contributed by atoms with Crippen LogP contribution in [0.4, 0.5) is 5.69 Å². The number of thioether (sulfide) groups is 1. The van der Waals surface area contributed by atoms with Crippen LogP contribution in [0.25, 0.3) is 0 Å². The fourth-order valence-electron chi connectivity index (χ4n) is 3.14. The van der Waals surface area contributed by atoms with Gasteiger partial charge in [0, 0.05) is 15.7 Å². The molecule has 0 aliphatic heterocycles. The number of hydrogen-bond donors (Lipinski definition) is 1. The fourth-order valence-corrected chi connectivity index (χ4v) is 4.23. The van der Waals surface area contributed by atoms with Gasteiger partial charge < -0.3 is 10.1 Å². The van der Waals surface area contributed by atoms with Gasteiger partial charge in [-0.3, -0.25) is 4.79 Å². The van der Waals surface area contributed by atoms with E-state index in [2.05, 4.69) is 31.3 Å². The Morgan fingerprint density at radius 2 is 1.74 bits per heavy atom. The third-order valence-electron chi connectivity index (χ3n) is 4.92. The lowest BCUT2D eigenvalue weighted by Crippen LogP contribution is -2.30. The van der Waals surface area contributed by atoms with Crippen molar-refractivity contribution in [3.63, 3.8) is 0 Å². The zero-order chi connectivity index (χ0) is 22.4. The summed E-state index contributed by atoms with van der Waals surface area (Å²) in [5.74, 6) is 1.70. The summed E-state index contributed by atoms with van der Waals surface area (Å²) in [5, 5.41) is 3.76. The number of nitrogens with one attached hydrogen (secondary N) is 1. The topological polar surface area (TPSA) is 38.3 Å². The monoisotopic (exact) mass is 453 g/mol. The number of hydrogen-bond acceptors (Lipinski definition) is 3. The molecule has 5 heteroatoms. The van der Waals surface area contributed by atoms with Gasteiger partial charge in [0.05, 0.1) is 5.69 Å². The number of anilines is 1. The van der Waals surface area contributed by atoms with Crippen LogP contribution in [0.15, 0.2) is 71.6 Å².